The molecule has 3 aliphatic heterocycles. The number of aliphatic hydroxyl groups excluding tert-OH is 1. The van der Waals surface area contributed by atoms with Gasteiger partial charge in [-0.05, 0) is 37.8 Å². The van der Waals surface area contributed by atoms with Crippen molar-refractivity contribution in [2.75, 3.05) is 24.7 Å². The van der Waals surface area contributed by atoms with Crippen LogP contribution in [0, 0.1) is 24.7 Å². The van der Waals surface area contributed by atoms with E-state index < -0.39 is 47.5 Å². The molecule has 2 amide bonds. The van der Waals surface area contributed by atoms with Gasteiger partial charge >= 0.3 is 5.97 Å². The van der Waals surface area contributed by atoms with E-state index in [0.29, 0.717) is 17.1 Å². The van der Waals surface area contributed by atoms with Crippen LogP contribution in [0.5, 0.6) is 0 Å². The minimum Gasteiger partial charge on any atom is -0.466 e. The lowest BCUT2D eigenvalue weighted by atomic mass is 9.70. The van der Waals surface area contributed by atoms with Crippen LogP contribution in [0.3, 0.4) is 0 Å². The summed E-state index contributed by atoms with van der Waals surface area (Å²) in [7, 11) is 0. The molecule has 0 aliphatic carbocycles. The first kappa shape index (κ1) is 28.1. The van der Waals surface area contributed by atoms with E-state index in [9.17, 15) is 19.5 Å². The number of nitrogens with zero attached hydrogens (tertiary/aromatic N) is 2. The smallest absolute Gasteiger partial charge is 0.312 e. The Balaban J connectivity index is 1.89. The van der Waals surface area contributed by atoms with Gasteiger partial charge in [-0.15, -0.1) is 6.58 Å². The third kappa shape index (κ3) is 4.32. The van der Waals surface area contributed by atoms with Crippen LogP contribution in [-0.4, -0.2) is 76.2 Å². The number of likely N-dealkylation sites (tertiary alicyclic amines) is 1. The summed E-state index contributed by atoms with van der Waals surface area (Å²) in [5.41, 5.74) is 0.0484. The lowest BCUT2D eigenvalue weighted by Gasteiger charge is -2.40. The van der Waals surface area contributed by atoms with Crippen LogP contribution >= 0.6 is 27.5 Å². The fraction of sp³-hybridized carbons (Fsp3) is 0.593. The van der Waals surface area contributed by atoms with Crippen molar-refractivity contribution in [2.24, 2.45) is 17.8 Å². The number of esters is 1. The lowest BCUT2D eigenvalue weighted by Crippen LogP contribution is -2.60. The monoisotopic (exact) mass is 596 g/mol. The zero-order valence-electron chi connectivity index (χ0n) is 21.5. The molecule has 3 fully saturated rings. The first-order valence-electron chi connectivity index (χ1n) is 12.6. The molecular formula is C27H34BrClN2O6. The standard InChI is InChI=1S/C27H34BrClN2O6/c1-6-11-30(21-15(5)9-8-10-17(21)29)25(34)23-27-12-16(28)22(37-27)19(26(35)36-7-2)20(27)24(33)31(23)18(13-32)14(3)4/h6,8-10,14,16,18-20,22-23,32H,1,7,11-13H2,2-5H3/t16?,18-,19-,20+,22-,23-,27+/m0/s1. The zero-order valence-corrected chi connectivity index (χ0v) is 23.9. The average Bonchev–Trinajstić information content (AvgIpc) is 3.42. The highest BCUT2D eigenvalue weighted by atomic mass is 79.9. The average molecular weight is 598 g/mol. The van der Waals surface area contributed by atoms with Crippen molar-refractivity contribution in [3.63, 3.8) is 0 Å². The van der Waals surface area contributed by atoms with Gasteiger partial charge in [0.2, 0.25) is 5.91 Å². The number of aliphatic hydroxyl groups is 1. The van der Waals surface area contributed by atoms with Gasteiger partial charge in [0.15, 0.2) is 0 Å². The number of para-hydroxylation sites is 1. The highest BCUT2D eigenvalue weighted by Crippen LogP contribution is 2.61. The van der Waals surface area contributed by atoms with Crippen molar-refractivity contribution in [3.05, 3.63) is 41.4 Å². The normalized spacial score (nSPS) is 31.0. The number of alkyl halides is 1. The number of amides is 2. The molecule has 37 heavy (non-hydrogen) atoms. The van der Waals surface area contributed by atoms with Crippen molar-refractivity contribution in [2.45, 2.75) is 62.7 Å². The van der Waals surface area contributed by atoms with Crippen molar-refractivity contribution >= 4 is 51.0 Å². The van der Waals surface area contributed by atoms with E-state index in [1.54, 1.807) is 25.1 Å². The number of fused-ring (bicyclic) bond motifs is 1. The van der Waals surface area contributed by atoms with Gasteiger partial charge in [-0.3, -0.25) is 14.4 Å². The molecule has 0 radical (unpaired) electrons. The van der Waals surface area contributed by atoms with E-state index in [4.69, 9.17) is 21.1 Å². The van der Waals surface area contributed by atoms with Crippen LogP contribution in [0.25, 0.3) is 0 Å². The number of anilines is 1. The molecule has 4 rings (SSSR count). The summed E-state index contributed by atoms with van der Waals surface area (Å²) >= 11 is 10.2. The van der Waals surface area contributed by atoms with Crippen LogP contribution in [0.4, 0.5) is 5.69 Å². The lowest BCUT2D eigenvalue weighted by molar-refractivity contribution is -0.155. The van der Waals surface area contributed by atoms with E-state index in [0.717, 1.165) is 5.56 Å². The van der Waals surface area contributed by atoms with E-state index in [-0.39, 0.29) is 36.4 Å². The van der Waals surface area contributed by atoms with Crippen molar-refractivity contribution in [1.29, 1.82) is 0 Å². The zero-order chi connectivity index (χ0) is 27.2. The fourth-order valence-electron chi connectivity index (χ4n) is 6.37. The van der Waals surface area contributed by atoms with Gasteiger partial charge in [0, 0.05) is 11.4 Å². The third-order valence-electron chi connectivity index (χ3n) is 7.87. The predicted molar refractivity (Wildman–Crippen MR) is 144 cm³/mol. The molecule has 0 aromatic heterocycles. The van der Waals surface area contributed by atoms with Crippen LogP contribution in [-0.2, 0) is 23.9 Å². The Morgan fingerprint density at radius 3 is 2.70 bits per heavy atom. The van der Waals surface area contributed by atoms with Crippen LogP contribution in [0.1, 0.15) is 32.8 Å². The van der Waals surface area contributed by atoms with E-state index in [2.05, 4.69) is 22.5 Å². The molecule has 10 heteroatoms. The van der Waals surface area contributed by atoms with Crippen LogP contribution in [0.15, 0.2) is 30.9 Å². The number of rotatable bonds is 9. The van der Waals surface area contributed by atoms with Gasteiger partial charge in [0.05, 0.1) is 47.9 Å². The molecule has 3 saturated heterocycles. The second-order valence-corrected chi connectivity index (χ2v) is 11.9. The molecule has 2 bridgehead atoms. The predicted octanol–water partition coefficient (Wildman–Crippen LogP) is 3.50. The molecular weight excluding hydrogens is 564 g/mol. The molecule has 1 spiro atoms. The Hall–Kier alpha value is -1.94. The number of hydrogen-bond acceptors (Lipinski definition) is 6. The largest absolute Gasteiger partial charge is 0.466 e. The van der Waals surface area contributed by atoms with Crippen molar-refractivity contribution < 1.29 is 29.0 Å². The topological polar surface area (TPSA) is 96.4 Å². The fourth-order valence-corrected chi connectivity index (χ4v) is 7.63. The summed E-state index contributed by atoms with van der Waals surface area (Å²) in [6.45, 7) is 11.1. The number of halogens is 2. The maximum absolute atomic E-state index is 14.6. The molecule has 1 unspecified atom stereocenters. The van der Waals surface area contributed by atoms with E-state index in [1.807, 2.05) is 26.8 Å². The highest BCUT2D eigenvalue weighted by molar-refractivity contribution is 9.09. The minimum absolute atomic E-state index is 0.149. The number of carbonyl (C=O) groups excluding carboxylic acids is 3. The SMILES string of the molecule is C=CCN(C(=O)[C@@H]1N([C@@H](CO)C(C)C)C(=O)[C@H]2[C@H](C(=O)OCC)[C@H]3O[C@@]12CC3Br)c1c(C)cccc1Cl. The quantitative estimate of drug-likeness (QED) is 0.266. The Bertz CT molecular complexity index is 1080. The van der Waals surface area contributed by atoms with Gasteiger partial charge in [0.25, 0.3) is 5.91 Å². The molecule has 1 aromatic carbocycles. The van der Waals surface area contributed by atoms with Crippen molar-refractivity contribution in [1.82, 2.24) is 4.90 Å². The Kier molecular flexibility index (Phi) is 8.10. The maximum atomic E-state index is 14.6. The molecule has 0 saturated carbocycles. The van der Waals surface area contributed by atoms with Gasteiger partial charge < -0.3 is 24.4 Å². The minimum atomic E-state index is -1.26. The second-order valence-electron chi connectivity index (χ2n) is 10.3. The summed E-state index contributed by atoms with van der Waals surface area (Å²) < 4.78 is 11.9. The highest BCUT2D eigenvalue weighted by Gasteiger charge is 2.77. The molecule has 7 atom stereocenters. The first-order valence-corrected chi connectivity index (χ1v) is 13.9. The van der Waals surface area contributed by atoms with Crippen molar-refractivity contribution in [3.8, 4) is 0 Å². The van der Waals surface area contributed by atoms with Gasteiger partial charge in [-0.1, -0.05) is 59.6 Å². The summed E-state index contributed by atoms with van der Waals surface area (Å²) in [6, 6.07) is 3.64. The molecule has 3 aliphatic rings. The van der Waals surface area contributed by atoms with E-state index >= 15 is 0 Å². The Labute approximate surface area is 231 Å². The summed E-state index contributed by atoms with van der Waals surface area (Å²) in [4.78, 5) is 44.6. The Morgan fingerprint density at radius 2 is 2.14 bits per heavy atom. The van der Waals surface area contributed by atoms with Crippen LogP contribution in [0.2, 0.25) is 5.02 Å². The summed E-state index contributed by atoms with van der Waals surface area (Å²) in [5.74, 6) is -3.19. The number of hydrogen-bond donors (Lipinski definition) is 1. The molecule has 8 nitrogen and oxygen atoms in total. The number of aryl methyl sites for hydroxylation is 1. The van der Waals surface area contributed by atoms with Gasteiger partial charge in [-0.25, -0.2) is 0 Å². The number of ether oxygens (including phenoxy) is 2. The third-order valence-corrected chi connectivity index (χ3v) is 9.02. The molecule has 3 heterocycles. The summed E-state index contributed by atoms with van der Waals surface area (Å²) in [6.07, 6.45) is 1.35. The number of carbonyl (C=O) groups is 3. The number of benzene rings is 1. The van der Waals surface area contributed by atoms with Crippen LogP contribution < -0.4 is 4.90 Å². The molecule has 1 aromatic rings. The maximum Gasteiger partial charge on any atom is 0.312 e. The Morgan fingerprint density at radius 1 is 1.43 bits per heavy atom. The summed E-state index contributed by atoms with van der Waals surface area (Å²) in [5, 5.41) is 10.8. The molecule has 202 valence electrons. The van der Waals surface area contributed by atoms with E-state index in [1.165, 1.54) is 9.80 Å². The van der Waals surface area contributed by atoms with Gasteiger partial charge in [0.1, 0.15) is 11.6 Å². The second kappa shape index (κ2) is 10.7. The molecule has 1 N–H and O–H groups in total. The first-order chi connectivity index (χ1) is 17.5. The van der Waals surface area contributed by atoms with Gasteiger partial charge in [-0.2, -0.15) is 0 Å².